The van der Waals surface area contributed by atoms with Gasteiger partial charge in [-0.2, -0.15) is 0 Å². The summed E-state index contributed by atoms with van der Waals surface area (Å²) in [6.45, 7) is 0.879. The van der Waals surface area contributed by atoms with E-state index in [-0.39, 0.29) is 12.4 Å². The average Bonchev–Trinajstić information content (AvgIpc) is 2.44. The molecule has 2 N–H and O–H groups in total. The van der Waals surface area contributed by atoms with Crippen molar-refractivity contribution >= 4 is 5.69 Å². The first kappa shape index (κ1) is 13.6. The van der Waals surface area contributed by atoms with Crippen LogP contribution >= 0.6 is 0 Å². The molecule has 19 heavy (non-hydrogen) atoms. The molecule has 0 amide bonds. The second-order valence-electron chi connectivity index (χ2n) is 4.52. The molecule has 2 rings (SSSR count). The van der Waals surface area contributed by atoms with Gasteiger partial charge in [0.15, 0.2) is 0 Å². The standard InChI is InChI=1S/C16H18FNO/c17-15-7-1-4-13(10-15)6-3-9-18-16-8-2-5-14(11-16)12-19/h1-2,4-5,7-8,10-11,18-19H,3,6,9,12H2. The molecule has 2 aromatic rings. The zero-order valence-corrected chi connectivity index (χ0v) is 10.8. The molecule has 0 spiro atoms. The summed E-state index contributed by atoms with van der Waals surface area (Å²) in [6.07, 6.45) is 1.79. The molecule has 0 aliphatic rings. The van der Waals surface area contributed by atoms with E-state index in [4.69, 9.17) is 5.11 Å². The van der Waals surface area contributed by atoms with Crippen LogP contribution in [-0.4, -0.2) is 11.7 Å². The van der Waals surface area contributed by atoms with E-state index in [0.29, 0.717) is 0 Å². The molecule has 0 heterocycles. The number of aryl methyl sites for hydroxylation is 1. The normalized spacial score (nSPS) is 10.4. The number of aliphatic hydroxyl groups is 1. The number of halogens is 1. The fourth-order valence-corrected chi connectivity index (χ4v) is 2.00. The largest absolute Gasteiger partial charge is 0.392 e. The lowest BCUT2D eigenvalue weighted by Gasteiger charge is -2.07. The first-order chi connectivity index (χ1) is 9.28. The summed E-state index contributed by atoms with van der Waals surface area (Å²) in [4.78, 5) is 0. The highest BCUT2D eigenvalue weighted by Gasteiger charge is 1.97. The Balaban J connectivity index is 1.77. The molecule has 3 heteroatoms. The Morgan fingerprint density at radius 3 is 2.58 bits per heavy atom. The number of rotatable bonds is 6. The van der Waals surface area contributed by atoms with Crippen molar-refractivity contribution in [3.8, 4) is 0 Å². The fraction of sp³-hybridized carbons (Fsp3) is 0.250. The topological polar surface area (TPSA) is 32.3 Å². The SMILES string of the molecule is OCc1cccc(NCCCc2cccc(F)c2)c1. The summed E-state index contributed by atoms with van der Waals surface area (Å²) in [5.74, 6) is -0.180. The molecule has 0 fully saturated rings. The molecule has 0 aromatic heterocycles. The molecule has 0 radical (unpaired) electrons. The van der Waals surface area contributed by atoms with Gasteiger partial charge in [-0.15, -0.1) is 0 Å². The maximum Gasteiger partial charge on any atom is 0.123 e. The Morgan fingerprint density at radius 1 is 1.00 bits per heavy atom. The van der Waals surface area contributed by atoms with Crippen LogP contribution in [0.5, 0.6) is 0 Å². The van der Waals surface area contributed by atoms with E-state index < -0.39 is 0 Å². The molecule has 100 valence electrons. The highest BCUT2D eigenvalue weighted by atomic mass is 19.1. The predicted octanol–water partition coefficient (Wildman–Crippen LogP) is 3.36. The minimum Gasteiger partial charge on any atom is -0.392 e. The summed E-state index contributed by atoms with van der Waals surface area (Å²) >= 11 is 0. The van der Waals surface area contributed by atoms with Crippen molar-refractivity contribution in [3.63, 3.8) is 0 Å². The number of hydrogen-bond acceptors (Lipinski definition) is 2. The lowest BCUT2D eigenvalue weighted by Crippen LogP contribution is -2.03. The summed E-state index contributed by atoms with van der Waals surface area (Å²) in [7, 11) is 0. The van der Waals surface area contributed by atoms with Gasteiger partial charge >= 0.3 is 0 Å². The van der Waals surface area contributed by atoms with Crippen LogP contribution in [0.1, 0.15) is 17.5 Å². The van der Waals surface area contributed by atoms with E-state index in [0.717, 1.165) is 36.2 Å². The van der Waals surface area contributed by atoms with E-state index in [2.05, 4.69) is 5.32 Å². The number of nitrogens with one attached hydrogen (secondary N) is 1. The molecule has 0 unspecified atom stereocenters. The highest BCUT2D eigenvalue weighted by Crippen LogP contribution is 2.11. The van der Waals surface area contributed by atoms with Crippen LogP contribution in [0, 0.1) is 5.82 Å². The maximum atomic E-state index is 13.0. The smallest absolute Gasteiger partial charge is 0.123 e. The van der Waals surface area contributed by atoms with Gasteiger partial charge in [-0.3, -0.25) is 0 Å². The van der Waals surface area contributed by atoms with Crippen molar-refractivity contribution in [1.29, 1.82) is 0 Å². The van der Waals surface area contributed by atoms with Gasteiger partial charge in [0, 0.05) is 12.2 Å². The van der Waals surface area contributed by atoms with Crippen LogP contribution in [0.2, 0.25) is 0 Å². The molecule has 0 aliphatic carbocycles. The van der Waals surface area contributed by atoms with Crippen molar-refractivity contribution in [3.05, 3.63) is 65.5 Å². The molecule has 0 saturated carbocycles. The summed E-state index contributed by atoms with van der Waals surface area (Å²) < 4.78 is 13.0. The van der Waals surface area contributed by atoms with Gasteiger partial charge in [-0.05, 0) is 48.2 Å². The molecular formula is C16H18FNO. The summed E-state index contributed by atoms with van der Waals surface area (Å²) in [5, 5.41) is 12.3. The Bertz CT molecular complexity index is 528. The van der Waals surface area contributed by atoms with Crippen LogP contribution in [0.15, 0.2) is 48.5 Å². The quantitative estimate of drug-likeness (QED) is 0.780. The Labute approximate surface area is 112 Å². The number of benzene rings is 2. The highest BCUT2D eigenvalue weighted by molar-refractivity contribution is 5.45. The summed E-state index contributed by atoms with van der Waals surface area (Å²) in [5.41, 5.74) is 2.92. The zero-order valence-electron chi connectivity index (χ0n) is 10.8. The molecule has 0 bridgehead atoms. The van der Waals surface area contributed by atoms with Gasteiger partial charge in [0.1, 0.15) is 5.82 Å². The third kappa shape index (κ3) is 4.38. The van der Waals surface area contributed by atoms with E-state index in [9.17, 15) is 4.39 Å². The Kier molecular flexibility index (Phi) is 4.93. The van der Waals surface area contributed by atoms with Crippen molar-refractivity contribution in [2.45, 2.75) is 19.4 Å². The Hall–Kier alpha value is -1.87. The van der Waals surface area contributed by atoms with E-state index in [1.807, 2.05) is 30.3 Å². The van der Waals surface area contributed by atoms with Gasteiger partial charge in [-0.1, -0.05) is 24.3 Å². The third-order valence-electron chi connectivity index (χ3n) is 2.97. The Morgan fingerprint density at radius 2 is 1.79 bits per heavy atom. The molecule has 0 saturated heterocycles. The number of hydrogen-bond donors (Lipinski definition) is 2. The third-order valence-corrected chi connectivity index (χ3v) is 2.97. The van der Waals surface area contributed by atoms with E-state index >= 15 is 0 Å². The van der Waals surface area contributed by atoms with Crippen molar-refractivity contribution < 1.29 is 9.50 Å². The van der Waals surface area contributed by atoms with Crippen molar-refractivity contribution in [2.24, 2.45) is 0 Å². The second kappa shape index (κ2) is 6.90. The van der Waals surface area contributed by atoms with Crippen LogP contribution in [0.4, 0.5) is 10.1 Å². The monoisotopic (exact) mass is 259 g/mol. The number of aliphatic hydroxyl groups excluding tert-OH is 1. The molecule has 2 nitrogen and oxygen atoms in total. The van der Waals surface area contributed by atoms with Gasteiger partial charge in [0.05, 0.1) is 6.61 Å². The van der Waals surface area contributed by atoms with Crippen molar-refractivity contribution in [2.75, 3.05) is 11.9 Å². The predicted molar refractivity (Wildman–Crippen MR) is 75.6 cm³/mol. The molecule has 0 aliphatic heterocycles. The summed E-state index contributed by atoms with van der Waals surface area (Å²) in [6, 6.07) is 14.4. The minimum absolute atomic E-state index is 0.0544. The minimum atomic E-state index is -0.180. The van der Waals surface area contributed by atoms with E-state index in [1.165, 1.54) is 6.07 Å². The lowest BCUT2D eigenvalue weighted by molar-refractivity contribution is 0.282. The van der Waals surface area contributed by atoms with Crippen LogP contribution in [-0.2, 0) is 13.0 Å². The van der Waals surface area contributed by atoms with Crippen LogP contribution in [0.3, 0.4) is 0 Å². The molecular weight excluding hydrogens is 241 g/mol. The average molecular weight is 259 g/mol. The van der Waals surface area contributed by atoms with Crippen LogP contribution in [0.25, 0.3) is 0 Å². The molecule has 2 aromatic carbocycles. The van der Waals surface area contributed by atoms with Crippen LogP contribution < -0.4 is 5.32 Å². The lowest BCUT2D eigenvalue weighted by atomic mass is 10.1. The van der Waals surface area contributed by atoms with Gasteiger partial charge < -0.3 is 10.4 Å². The molecule has 0 atom stereocenters. The zero-order chi connectivity index (χ0) is 13.5. The second-order valence-corrected chi connectivity index (χ2v) is 4.52. The van der Waals surface area contributed by atoms with Gasteiger partial charge in [0.2, 0.25) is 0 Å². The van der Waals surface area contributed by atoms with E-state index in [1.54, 1.807) is 12.1 Å². The first-order valence-electron chi connectivity index (χ1n) is 6.46. The van der Waals surface area contributed by atoms with Crippen molar-refractivity contribution in [1.82, 2.24) is 0 Å². The van der Waals surface area contributed by atoms with Gasteiger partial charge in [-0.25, -0.2) is 4.39 Å². The van der Waals surface area contributed by atoms with Gasteiger partial charge in [0.25, 0.3) is 0 Å². The first-order valence-corrected chi connectivity index (χ1v) is 6.46. The fourth-order valence-electron chi connectivity index (χ4n) is 2.00. The maximum absolute atomic E-state index is 13.0. The number of anilines is 1.